The van der Waals surface area contributed by atoms with Crippen molar-refractivity contribution in [3.63, 3.8) is 0 Å². The van der Waals surface area contributed by atoms with Crippen molar-refractivity contribution in [1.29, 1.82) is 0 Å². The van der Waals surface area contributed by atoms with Gasteiger partial charge in [-0.3, -0.25) is 0 Å². The number of aromatic nitrogens is 2. The Hall–Kier alpha value is -1.01. The molecular weight excluding hydrogens is 274 g/mol. The van der Waals surface area contributed by atoms with Crippen LogP contribution in [0, 0.1) is 5.41 Å². The summed E-state index contributed by atoms with van der Waals surface area (Å²) in [6, 6.07) is 0.233. The van der Waals surface area contributed by atoms with Crippen LogP contribution in [0.15, 0.2) is 6.20 Å². The summed E-state index contributed by atoms with van der Waals surface area (Å²) in [5.41, 5.74) is 2.22. The van der Waals surface area contributed by atoms with E-state index >= 15 is 0 Å². The van der Waals surface area contributed by atoms with Crippen LogP contribution in [0.4, 0.5) is 0 Å². The quantitative estimate of drug-likeness (QED) is 0.921. The number of nitrogens with zero attached hydrogens (tertiary/aromatic N) is 2. The summed E-state index contributed by atoms with van der Waals surface area (Å²) in [5.74, 6) is 0.402. The van der Waals surface area contributed by atoms with Crippen LogP contribution < -0.4 is 5.32 Å². The van der Waals surface area contributed by atoms with E-state index in [0.29, 0.717) is 5.82 Å². The van der Waals surface area contributed by atoms with Crippen molar-refractivity contribution in [2.24, 2.45) is 5.41 Å². The molecule has 6 heteroatoms. The Labute approximate surface area is 121 Å². The molecule has 2 atom stereocenters. The van der Waals surface area contributed by atoms with Gasteiger partial charge in [0, 0.05) is 29.8 Å². The number of hydrogen-bond donors (Lipinski definition) is 1. The van der Waals surface area contributed by atoms with Crippen molar-refractivity contribution < 1.29 is 8.42 Å². The van der Waals surface area contributed by atoms with Crippen molar-refractivity contribution in [2.45, 2.75) is 44.9 Å². The molecular formula is C14H23N3O2S. The summed E-state index contributed by atoms with van der Waals surface area (Å²) in [7, 11) is -1.24. The van der Waals surface area contributed by atoms with E-state index in [0.717, 1.165) is 24.1 Å². The zero-order chi connectivity index (χ0) is 15.1. The number of nitrogens with one attached hydrogen (secondary N) is 1. The smallest absolute Gasteiger partial charge is 0.157 e. The molecule has 2 rings (SSSR count). The van der Waals surface area contributed by atoms with Crippen LogP contribution >= 0.6 is 0 Å². The maximum Gasteiger partial charge on any atom is 0.157 e. The van der Waals surface area contributed by atoms with Gasteiger partial charge in [0.1, 0.15) is 11.1 Å². The Morgan fingerprint density at radius 1 is 1.45 bits per heavy atom. The van der Waals surface area contributed by atoms with Gasteiger partial charge in [0.15, 0.2) is 9.84 Å². The summed E-state index contributed by atoms with van der Waals surface area (Å²) in [6.07, 6.45) is 4.89. The molecule has 0 saturated heterocycles. The monoisotopic (exact) mass is 297 g/mol. The number of hydrogen-bond acceptors (Lipinski definition) is 5. The van der Waals surface area contributed by atoms with E-state index in [1.807, 2.05) is 7.05 Å². The predicted molar refractivity (Wildman–Crippen MR) is 79.2 cm³/mol. The molecule has 2 unspecified atom stereocenters. The van der Waals surface area contributed by atoms with Crippen molar-refractivity contribution in [2.75, 3.05) is 13.3 Å². The van der Waals surface area contributed by atoms with Crippen LogP contribution in [0.1, 0.15) is 55.6 Å². The average Bonchev–Trinajstić information content (AvgIpc) is 2.33. The minimum Gasteiger partial charge on any atom is -0.313 e. The van der Waals surface area contributed by atoms with Crippen LogP contribution in [-0.4, -0.2) is 31.7 Å². The van der Waals surface area contributed by atoms with Crippen molar-refractivity contribution in [3.8, 4) is 0 Å². The standard InChI is InChI=1S/C14H23N3O2S/c1-9(20(5,18)19)13-16-8-10-11(15-4)6-14(2,3)7-12(10)17-13/h8-9,11,15H,6-7H2,1-5H3. The van der Waals surface area contributed by atoms with Crippen LogP contribution in [0.2, 0.25) is 0 Å². The molecule has 0 fully saturated rings. The minimum absolute atomic E-state index is 0.153. The van der Waals surface area contributed by atoms with Crippen LogP contribution in [-0.2, 0) is 16.3 Å². The third kappa shape index (κ3) is 3.01. The third-order valence-electron chi connectivity index (χ3n) is 4.05. The van der Waals surface area contributed by atoms with Gasteiger partial charge in [-0.05, 0) is 32.2 Å². The number of sulfone groups is 1. The predicted octanol–water partition coefficient (Wildman–Crippen LogP) is 1.82. The Balaban J connectivity index is 2.46. The zero-order valence-corrected chi connectivity index (χ0v) is 13.6. The highest BCUT2D eigenvalue weighted by atomic mass is 32.2. The largest absolute Gasteiger partial charge is 0.313 e. The second kappa shape index (κ2) is 5.07. The van der Waals surface area contributed by atoms with E-state index in [1.54, 1.807) is 13.1 Å². The molecule has 5 nitrogen and oxygen atoms in total. The highest BCUT2D eigenvalue weighted by Crippen LogP contribution is 2.39. The van der Waals surface area contributed by atoms with E-state index in [1.165, 1.54) is 6.26 Å². The van der Waals surface area contributed by atoms with Gasteiger partial charge in [-0.2, -0.15) is 0 Å². The lowest BCUT2D eigenvalue weighted by atomic mass is 9.74. The summed E-state index contributed by atoms with van der Waals surface area (Å²) < 4.78 is 23.3. The Bertz CT molecular complexity index is 611. The highest BCUT2D eigenvalue weighted by Gasteiger charge is 2.33. The molecule has 1 aliphatic carbocycles. The second-order valence-corrected chi connectivity index (χ2v) is 8.85. The molecule has 0 amide bonds. The number of rotatable bonds is 3. The fourth-order valence-corrected chi connectivity index (χ4v) is 3.20. The normalized spacial score (nSPS) is 23.1. The van der Waals surface area contributed by atoms with E-state index in [9.17, 15) is 8.42 Å². The van der Waals surface area contributed by atoms with Crippen molar-refractivity contribution in [1.82, 2.24) is 15.3 Å². The SMILES string of the molecule is CNC1CC(C)(C)Cc2nc(C(C)S(C)(=O)=O)ncc21. The van der Waals surface area contributed by atoms with Gasteiger partial charge in [-0.1, -0.05) is 13.8 Å². The van der Waals surface area contributed by atoms with Crippen LogP contribution in [0.3, 0.4) is 0 Å². The van der Waals surface area contributed by atoms with Crippen LogP contribution in [0.5, 0.6) is 0 Å². The molecule has 0 aromatic carbocycles. The van der Waals surface area contributed by atoms with E-state index in [2.05, 4.69) is 29.1 Å². The lowest BCUT2D eigenvalue weighted by Crippen LogP contribution is -2.33. The van der Waals surface area contributed by atoms with Gasteiger partial charge in [0.05, 0.1) is 0 Å². The summed E-state index contributed by atoms with van der Waals surface area (Å²) >= 11 is 0. The first-order chi connectivity index (χ1) is 9.14. The Morgan fingerprint density at radius 3 is 2.65 bits per heavy atom. The first-order valence-electron chi connectivity index (χ1n) is 6.86. The average molecular weight is 297 g/mol. The zero-order valence-electron chi connectivity index (χ0n) is 12.8. The number of fused-ring (bicyclic) bond motifs is 1. The maximum atomic E-state index is 11.7. The third-order valence-corrected chi connectivity index (χ3v) is 5.55. The summed E-state index contributed by atoms with van der Waals surface area (Å²) in [4.78, 5) is 8.82. The summed E-state index contributed by atoms with van der Waals surface area (Å²) in [6.45, 7) is 6.06. The molecule has 1 aliphatic rings. The summed E-state index contributed by atoms with van der Waals surface area (Å²) in [5, 5.41) is 2.64. The van der Waals surface area contributed by atoms with Gasteiger partial charge in [0.25, 0.3) is 0 Å². The fraction of sp³-hybridized carbons (Fsp3) is 0.714. The molecule has 20 heavy (non-hydrogen) atoms. The van der Waals surface area contributed by atoms with Crippen molar-refractivity contribution >= 4 is 9.84 Å². The molecule has 0 saturated carbocycles. The lowest BCUT2D eigenvalue weighted by Gasteiger charge is -2.36. The molecule has 0 bridgehead atoms. The molecule has 0 radical (unpaired) electrons. The first kappa shape index (κ1) is 15.4. The fourth-order valence-electron chi connectivity index (χ4n) is 2.71. The second-order valence-electron chi connectivity index (χ2n) is 6.49. The van der Waals surface area contributed by atoms with E-state index in [-0.39, 0.29) is 11.5 Å². The molecule has 112 valence electrons. The van der Waals surface area contributed by atoms with Gasteiger partial charge < -0.3 is 5.32 Å². The molecule has 0 aliphatic heterocycles. The molecule has 1 aromatic rings. The van der Waals surface area contributed by atoms with Gasteiger partial charge in [-0.25, -0.2) is 18.4 Å². The van der Waals surface area contributed by atoms with Gasteiger partial charge in [-0.15, -0.1) is 0 Å². The van der Waals surface area contributed by atoms with Crippen LogP contribution in [0.25, 0.3) is 0 Å². The lowest BCUT2D eigenvalue weighted by molar-refractivity contribution is 0.259. The minimum atomic E-state index is -3.17. The molecule has 1 aromatic heterocycles. The first-order valence-corrected chi connectivity index (χ1v) is 8.81. The molecule has 0 spiro atoms. The van der Waals surface area contributed by atoms with Gasteiger partial charge >= 0.3 is 0 Å². The van der Waals surface area contributed by atoms with E-state index in [4.69, 9.17) is 0 Å². The highest BCUT2D eigenvalue weighted by molar-refractivity contribution is 7.90. The molecule has 1 N–H and O–H groups in total. The Morgan fingerprint density at radius 2 is 2.10 bits per heavy atom. The Kier molecular flexibility index (Phi) is 3.90. The topological polar surface area (TPSA) is 72.0 Å². The molecule has 1 heterocycles. The maximum absolute atomic E-state index is 11.7. The van der Waals surface area contributed by atoms with Gasteiger partial charge in [0.2, 0.25) is 0 Å². The van der Waals surface area contributed by atoms with E-state index < -0.39 is 15.1 Å². The van der Waals surface area contributed by atoms with Crippen molar-refractivity contribution in [3.05, 3.63) is 23.3 Å².